The summed E-state index contributed by atoms with van der Waals surface area (Å²) >= 11 is 1.07. The number of carbonyl (C=O) groups is 1. The van der Waals surface area contributed by atoms with Crippen molar-refractivity contribution in [3.05, 3.63) is 47.4 Å². The van der Waals surface area contributed by atoms with Gasteiger partial charge in [-0.3, -0.25) is 4.79 Å². The number of carbonyl (C=O) groups excluding carboxylic acids is 1. The van der Waals surface area contributed by atoms with Crippen LogP contribution in [0.3, 0.4) is 0 Å². The number of amides is 1. The molecule has 1 fully saturated rings. The summed E-state index contributed by atoms with van der Waals surface area (Å²) in [5.74, 6) is -0.227. The summed E-state index contributed by atoms with van der Waals surface area (Å²) in [5, 5.41) is 19.6. The van der Waals surface area contributed by atoms with Crippen molar-refractivity contribution >= 4 is 17.7 Å². The van der Waals surface area contributed by atoms with Crippen molar-refractivity contribution in [1.29, 1.82) is 0 Å². The second kappa shape index (κ2) is 5.14. The highest BCUT2D eigenvalue weighted by Gasteiger charge is 2.41. The molecule has 2 N–H and O–H groups in total. The number of β-amino-alcohol motifs (C(OH)–C–C–N with tert-alkyl or cyclic N) is 2. The van der Waals surface area contributed by atoms with Crippen molar-refractivity contribution in [3.63, 3.8) is 0 Å². The molecule has 1 heterocycles. The Morgan fingerprint density at radius 1 is 1.39 bits per heavy atom. The molecular weight excluding hydrogens is 250 g/mol. The predicted octanol–water partition coefficient (Wildman–Crippen LogP) is 0.913. The van der Waals surface area contributed by atoms with Crippen molar-refractivity contribution in [2.75, 3.05) is 19.7 Å². The quantitative estimate of drug-likeness (QED) is 0.798. The van der Waals surface area contributed by atoms with Crippen molar-refractivity contribution < 1.29 is 15.0 Å². The van der Waals surface area contributed by atoms with Gasteiger partial charge in [0.15, 0.2) is 4.93 Å². The molecule has 0 spiro atoms. The van der Waals surface area contributed by atoms with E-state index < -0.39 is 4.93 Å². The van der Waals surface area contributed by atoms with Gasteiger partial charge in [-0.1, -0.05) is 48.7 Å². The van der Waals surface area contributed by atoms with E-state index in [1.165, 1.54) is 4.90 Å². The van der Waals surface area contributed by atoms with Crippen LogP contribution in [-0.2, 0) is 9.73 Å². The summed E-state index contributed by atoms with van der Waals surface area (Å²) in [7, 11) is 0. The van der Waals surface area contributed by atoms with E-state index in [9.17, 15) is 9.90 Å². The van der Waals surface area contributed by atoms with E-state index in [2.05, 4.69) is 6.58 Å². The van der Waals surface area contributed by atoms with Gasteiger partial charge in [0.2, 0.25) is 0 Å². The molecule has 1 aromatic carbocycles. The summed E-state index contributed by atoms with van der Waals surface area (Å²) in [4.78, 5) is 12.3. The molecular formula is C13H15NO3S. The number of aliphatic hydroxyl groups is 2. The summed E-state index contributed by atoms with van der Waals surface area (Å²) in [6, 6.07) is 9.17. The Morgan fingerprint density at radius 3 is 2.67 bits per heavy atom. The molecule has 1 aliphatic heterocycles. The van der Waals surface area contributed by atoms with E-state index in [0.717, 1.165) is 17.3 Å². The largest absolute Gasteiger partial charge is 0.395 e. The summed E-state index contributed by atoms with van der Waals surface area (Å²) in [6.45, 7) is 3.90. The second-order valence-electron chi connectivity index (χ2n) is 4.13. The maximum absolute atomic E-state index is 11.8. The lowest BCUT2D eigenvalue weighted by Crippen LogP contribution is -2.48. The molecule has 0 radical (unpaired) electrons. The van der Waals surface area contributed by atoms with E-state index in [4.69, 9.17) is 5.11 Å². The van der Waals surface area contributed by atoms with E-state index in [-0.39, 0.29) is 25.6 Å². The molecule has 18 heavy (non-hydrogen) atoms. The third-order valence-electron chi connectivity index (χ3n) is 2.82. The molecule has 1 atom stereocenters. The van der Waals surface area contributed by atoms with Crippen LogP contribution < -0.4 is 0 Å². The molecule has 0 aromatic heterocycles. The van der Waals surface area contributed by atoms with Crippen LogP contribution in [0.1, 0.15) is 5.56 Å². The van der Waals surface area contributed by atoms with Gasteiger partial charge in [0, 0.05) is 6.54 Å². The third-order valence-corrected chi connectivity index (χ3v) is 3.94. The Morgan fingerprint density at radius 2 is 2.06 bits per heavy atom. The van der Waals surface area contributed by atoms with Gasteiger partial charge in [0.05, 0.1) is 18.1 Å². The van der Waals surface area contributed by atoms with Gasteiger partial charge in [0.25, 0.3) is 5.91 Å². The molecule has 1 aliphatic rings. The monoisotopic (exact) mass is 265 g/mol. The summed E-state index contributed by atoms with van der Waals surface area (Å²) in [6.07, 6.45) is 0. The van der Waals surface area contributed by atoms with Crippen LogP contribution in [0, 0.1) is 0 Å². The van der Waals surface area contributed by atoms with Crippen LogP contribution in [0.15, 0.2) is 41.8 Å². The maximum Gasteiger partial charge on any atom is 0.259 e. The number of hydrogen-bond acceptors (Lipinski definition) is 4. The number of aliphatic hydroxyl groups excluding tert-OH is 1. The van der Waals surface area contributed by atoms with Crippen molar-refractivity contribution in [1.82, 2.24) is 4.90 Å². The SMILES string of the molecule is C=C1SC(O)(c2ccccc2)CN(CCO)C1=O. The van der Waals surface area contributed by atoms with Crippen LogP contribution in [0.2, 0.25) is 0 Å². The minimum Gasteiger partial charge on any atom is -0.395 e. The summed E-state index contributed by atoms with van der Waals surface area (Å²) in [5.41, 5.74) is 0.728. The van der Waals surface area contributed by atoms with Crippen LogP contribution in [0.5, 0.6) is 0 Å². The highest BCUT2D eigenvalue weighted by molar-refractivity contribution is 8.04. The van der Waals surface area contributed by atoms with Crippen LogP contribution in [-0.4, -0.2) is 40.7 Å². The number of hydrogen-bond donors (Lipinski definition) is 2. The third kappa shape index (κ3) is 2.43. The Bertz CT molecular complexity index is 463. The lowest BCUT2D eigenvalue weighted by molar-refractivity contribution is -0.129. The second-order valence-corrected chi connectivity index (χ2v) is 5.50. The molecule has 2 rings (SSSR count). The van der Waals surface area contributed by atoms with Gasteiger partial charge >= 0.3 is 0 Å². The molecule has 0 saturated carbocycles. The van der Waals surface area contributed by atoms with Crippen molar-refractivity contribution in [3.8, 4) is 0 Å². The minimum absolute atomic E-state index is 0.130. The number of thioether (sulfide) groups is 1. The van der Waals surface area contributed by atoms with Crippen LogP contribution in [0.25, 0.3) is 0 Å². The Hall–Kier alpha value is -1.30. The Balaban J connectivity index is 2.29. The van der Waals surface area contributed by atoms with Gasteiger partial charge in [-0.2, -0.15) is 0 Å². The fourth-order valence-electron chi connectivity index (χ4n) is 1.94. The molecule has 5 heteroatoms. The zero-order valence-corrected chi connectivity index (χ0v) is 10.7. The Labute approximate surface area is 110 Å². The zero-order chi connectivity index (χ0) is 13.2. The lowest BCUT2D eigenvalue weighted by atomic mass is 10.1. The summed E-state index contributed by atoms with van der Waals surface area (Å²) < 4.78 is 0. The minimum atomic E-state index is -1.19. The number of nitrogens with zero attached hydrogens (tertiary/aromatic N) is 1. The first kappa shape index (κ1) is 13.1. The van der Waals surface area contributed by atoms with Gasteiger partial charge < -0.3 is 15.1 Å². The molecule has 0 aliphatic carbocycles. The van der Waals surface area contributed by atoms with Crippen LogP contribution >= 0.6 is 11.8 Å². The standard InChI is InChI=1S/C13H15NO3S/c1-10-12(16)14(7-8-15)9-13(17,18-10)11-5-3-2-4-6-11/h2-6,15,17H,1,7-9H2. The maximum atomic E-state index is 11.8. The average Bonchev–Trinajstić information content (AvgIpc) is 2.37. The van der Waals surface area contributed by atoms with Crippen LogP contribution in [0.4, 0.5) is 0 Å². The smallest absolute Gasteiger partial charge is 0.259 e. The van der Waals surface area contributed by atoms with E-state index in [1.54, 1.807) is 0 Å². The predicted molar refractivity (Wildman–Crippen MR) is 70.7 cm³/mol. The van der Waals surface area contributed by atoms with Crippen molar-refractivity contribution in [2.24, 2.45) is 0 Å². The molecule has 0 bridgehead atoms. The molecule has 1 unspecified atom stereocenters. The first-order chi connectivity index (χ1) is 8.57. The fraction of sp³-hybridized carbons (Fsp3) is 0.308. The zero-order valence-electron chi connectivity index (χ0n) is 9.87. The fourth-order valence-corrected chi connectivity index (χ4v) is 3.04. The highest BCUT2D eigenvalue weighted by Crippen LogP contribution is 2.42. The number of benzene rings is 1. The van der Waals surface area contributed by atoms with Gasteiger partial charge in [-0.05, 0) is 5.56 Å². The Kier molecular flexibility index (Phi) is 3.75. The van der Waals surface area contributed by atoms with Gasteiger partial charge in [-0.15, -0.1) is 0 Å². The van der Waals surface area contributed by atoms with E-state index in [0.29, 0.717) is 4.91 Å². The normalized spacial score (nSPS) is 24.4. The first-order valence-electron chi connectivity index (χ1n) is 5.63. The molecule has 1 amide bonds. The van der Waals surface area contributed by atoms with E-state index >= 15 is 0 Å². The molecule has 1 saturated heterocycles. The molecule has 1 aromatic rings. The molecule has 4 nitrogen and oxygen atoms in total. The van der Waals surface area contributed by atoms with Gasteiger partial charge in [0.1, 0.15) is 0 Å². The molecule has 96 valence electrons. The number of rotatable bonds is 3. The lowest BCUT2D eigenvalue weighted by Gasteiger charge is -2.39. The van der Waals surface area contributed by atoms with Crippen molar-refractivity contribution in [2.45, 2.75) is 4.93 Å². The van der Waals surface area contributed by atoms with E-state index in [1.807, 2.05) is 30.3 Å². The topological polar surface area (TPSA) is 60.8 Å². The highest BCUT2D eigenvalue weighted by atomic mass is 32.2. The van der Waals surface area contributed by atoms with Gasteiger partial charge in [-0.25, -0.2) is 0 Å². The first-order valence-corrected chi connectivity index (χ1v) is 6.44. The average molecular weight is 265 g/mol.